The molecule has 6 heteroatoms. The van der Waals surface area contributed by atoms with Gasteiger partial charge in [-0.2, -0.15) is 0 Å². The van der Waals surface area contributed by atoms with Crippen LogP contribution in [0.3, 0.4) is 0 Å². The number of carboxylic acids is 1. The number of fused-ring (bicyclic) bond motifs is 1. The van der Waals surface area contributed by atoms with E-state index in [1.807, 2.05) is 24.3 Å². The van der Waals surface area contributed by atoms with Crippen molar-refractivity contribution in [2.45, 2.75) is 31.8 Å². The first-order chi connectivity index (χ1) is 16.1. The fourth-order valence-corrected chi connectivity index (χ4v) is 4.93. The third-order valence-corrected chi connectivity index (χ3v) is 6.66. The lowest BCUT2D eigenvalue weighted by molar-refractivity contribution is 0.0696. The molecule has 3 heterocycles. The summed E-state index contributed by atoms with van der Waals surface area (Å²) in [6.45, 7) is 3.53. The predicted octanol–water partition coefficient (Wildman–Crippen LogP) is 5.37. The third kappa shape index (κ3) is 4.52. The Balaban J connectivity index is 1.34. The smallest absolute Gasteiger partial charge is 0.335 e. The molecule has 33 heavy (non-hydrogen) atoms. The predicted molar refractivity (Wildman–Crippen MR) is 127 cm³/mol. The van der Waals surface area contributed by atoms with Crippen LogP contribution in [0.1, 0.15) is 45.8 Å². The van der Waals surface area contributed by atoms with Gasteiger partial charge in [0.05, 0.1) is 31.7 Å². The van der Waals surface area contributed by atoms with Crippen molar-refractivity contribution in [2.24, 2.45) is 0 Å². The van der Waals surface area contributed by atoms with Crippen molar-refractivity contribution >= 4 is 16.9 Å². The Labute approximate surface area is 193 Å². The Morgan fingerprint density at radius 1 is 1.09 bits per heavy atom. The summed E-state index contributed by atoms with van der Waals surface area (Å²) in [6, 6.07) is 15.6. The zero-order valence-corrected chi connectivity index (χ0v) is 18.7. The Hall–Kier alpha value is -3.51. The zero-order chi connectivity index (χ0) is 22.8. The molecule has 0 bridgehead atoms. The van der Waals surface area contributed by atoms with E-state index < -0.39 is 5.97 Å². The number of furan rings is 1. The van der Waals surface area contributed by atoms with Gasteiger partial charge in [0.1, 0.15) is 5.75 Å². The van der Waals surface area contributed by atoms with Crippen LogP contribution < -0.4 is 4.74 Å². The monoisotopic (exact) mass is 444 g/mol. The van der Waals surface area contributed by atoms with Crippen LogP contribution in [0.2, 0.25) is 0 Å². The number of likely N-dealkylation sites (tertiary alicyclic amines) is 1. The van der Waals surface area contributed by atoms with Crippen molar-refractivity contribution in [2.75, 3.05) is 20.2 Å². The fraction of sp³-hybridized carbons (Fsp3) is 0.296. The molecule has 2 aromatic carbocycles. The summed E-state index contributed by atoms with van der Waals surface area (Å²) in [6.07, 6.45) is 7.95. The Bertz CT molecular complexity index is 1250. The van der Waals surface area contributed by atoms with Gasteiger partial charge in [0.15, 0.2) is 0 Å². The van der Waals surface area contributed by atoms with E-state index in [1.165, 1.54) is 16.5 Å². The van der Waals surface area contributed by atoms with Crippen molar-refractivity contribution < 1.29 is 19.1 Å². The summed E-state index contributed by atoms with van der Waals surface area (Å²) in [4.78, 5) is 13.7. The molecule has 170 valence electrons. The van der Waals surface area contributed by atoms with Gasteiger partial charge in [0, 0.05) is 29.2 Å². The minimum atomic E-state index is -0.877. The fourth-order valence-electron chi connectivity index (χ4n) is 4.93. The first kappa shape index (κ1) is 21.3. The summed E-state index contributed by atoms with van der Waals surface area (Å²) >= 11 is 0. The maximum atomic E-state index is 11.3. The number of aromatic nitrogens is 1. The molecule has 1 aliphatic heterocycles. The maximum Gasteiger partial charge on any atom is 0.335 e. The largest absolute Gasteiger partial charge is 0.497 e. The lowest BCUT2D eigenvalue weighted by atomic mass is 9.89. The van der Waals surface area contributed by atoms with Crippen molar-refractivity contribution in [3.63, 3.8) is 0 Å². The van der Waals surface area contributed by atoms with Crippen molar-refractivity contribution in [1.29, 1.82) is 0 Å². The van der Waals surface area contributed by atoms with E-state index in [4.69, 9.17) is 9.15 Å². The van der Waals surface area contributed by atoms with Gasteiger partial charge in [-0.25, -0.2) is 4.79 Å². The molecule has 0 spiro atoms. The SMILES string of the molecule is COc1ccc2c(c1)c(C1CCN(Cc3cccc(C(=O)O)c3)CC1)cn2Cc1ccoc1. The minimum absolute atomic E-state index is 0.349. The van der Waals surface area contributed by atoms with Crippen LogP contribution in [0.25, 0.3) is 10.9 Å². The average molecular weight is 445 g/mol. The van der Waals surface area contributed by atoms with Gasteiger partial charge in [-0.3, -0.25) is 4.90 Å². The van der Waals surface area contributed by atoms with Crippen LogP contribution in [0.15, 0.2) is 71.7 Å². The van der Waals surface area contributed by atoms with Gasteiger partial charge in [-0.1, -0.05) is 12.1 Å². The average Bonchev–Trinajstić information content (AvgIpc) is 3.48. The Kier molecular flexibility index (Phi) is 5.92. The lowest BCUT2D eigenvalue weighted by Gasteiger charge is -2.32. The molecular formula is C27H28N2O4. The van der Waals surface area contributed by atoms with Crippen LogP contribution in [0.5, 0.6) is 5.75 Å². The standard InChI is InChI=1S/C27H28N2O4/c1-32-23-5-6-26-24(14-23)25(17-29(26)16-20-9-12-33-18-20)21-7-10-28(11-8-21)15-19-3-2-4-22(13-19)27(30)31/h2-6,9,12-14,17-18,21H,7-8,10-11,15-16H2,1H3,(H,30,31). The molecule has 0 saturated carbocycles. The quantitative estimate of drug-likeness (QED) is 0.415. The number of hydrogen-bond acceptors (Lipinski definition) is 4. The van der Waals surface area contributed by atoms with E-state index >= 15 is 0 Å². The molecular weight excluding hydrogens is 416 g/mol. The van der Waals surface area contributed by atoms with E-state index in [0.29, 0.717) is 11.5 Å². The first-order valence-corrected chi connectivity index (χ1v) is 11.3. The zero-order valence-electron chi connectivity index (χ0n) is 18.7. The molecule has 1 fully saturated rings. The summed E-state index contributed by atoms with van der Waals surface area (Å²) in [5.74, 6) is 0.477. The summed E-state index contributed by atoms with van der Waals surface area (Å²) < 4.78 is 13.1. The summed E-state index contributed by atoms with van der Waals surface area (Å²) in [5.41, 5.74) is 5.13. The molecule has 4 aromatic rings. The number of rotatable bonds is 7. The number of ether oxygens (including phenoxy) is 1. The van der Waals surface area contributed by atoms with Crippen molar-refractivity contribution in [1.82, 2.24) is 9.47 Å². The molecule has 1 aliphatic rings. The Morgan fingerprint density at radius 3 is 2.67 bits per heavy atom. The maximum absolute atomic E-state index is 11.3. The van der Waals surface area contributed by atoms with Crippen molar-refractivity contribution in [3.05, 3.63) is 89.5 Å². The second kappa shape index (κ2) is 9.16. The second-order valence-electron chi connectivity index (χ2n) is 8.78. The van der Waals surface area contributed by atoms with Crippen LogP contribution >= 0.6 is 0 Å². The van der Waals surface area contributed by atoms with Crippen molar-refractivity contribution in [3.8, 4) is 5.75 Å². The first-order valence-electron chi connectivity index (χ1n) is 11.3. The van der Waals surface area contributed by atoms with Gasteiger partial charge in [-0.05, 0) is 79.4 Å². The third-order valence-electron chi connectivity index (χ3n) is 6.66. The molecule has 0 radical (unpaired) electrons. The van der Waals surface area contributed by atoms with E-state index in [9.17, 15) is 9.90 Å². The minimum Gasteiger partial charge on any atom is -0.497 e. The number of hydrogen-bond donors (Lipinski definition) is 1. The number of methoxy groups -OCH3 is 1. The summed E-state index contributed by atoms with van der Waals surface area (Å²) in [5, 5.41) is 10.5. The number of aromatic carboxylic acids is 1. The van der Waals surface area contributed by atoms with Gasteiger partial charge in [0.25, 0.3) is 0 Å². The van der Waals surface area contributed by atoms with Gasteiger partial charge in [0.2, 0.25) is 0 Å². The highest BCUT2D eigenvalue weighted by atomic mass is 16.5. The number of nitrogens with zero attached hydrogens (tertiary/aromatic N) is 2. The molecule has 5 rings (SSSR count). The second-order valence-corrected chi connectivity index (χ2v) is 8.78. The van der Waals surface area contributed by atoms with Gasteiger partial charge in [-0.15, -0.1) is 0 Å². The van der Waals surface area contributed by atoms with Crippen LogP contribution in [-0.2, 0) is 13.1 Å². The Morgan fingerprint density at radius 2 is 1.94 bits per heavy atom. The van der Waals surface area contributed by atoms with Gasteiger partial charge < -0.3 is 18.8 Å². The molecule has 0 amide bonds. The van der Waals surface area contributed by atoms with Crippen LogP contribution in [-0.4, -0.2) is 40.7 Å². The molecule has 1 N–H and O–H groups in total. The van der Waals surface area contributed by atoms with Gasteiger partial charge >= 0.3 is 5.97 Å². The number of carboxylic acid groups (broad SMARTS) is 1. The lowest BCUT2D eigenvalue weighted by Crippen LogP contribution is -2.32. The molecule has 6 nitrogen and oxygen atoms in total. The molecule has 0 atom stereocenters. The molecule has 2 aromatic heterocycles. The molecule has 1 saturated heterocycles. The van der Waals surface area contributed by atoms with E-state index in [0.717, 1.165) is 55.9 Å². The topological polar surface area (TPSA) is 67.8 Å². The highest BCUT2D eigenvalue weighted by Crippen LogP contribution is 2.36. The van der Waals surface area contributed by atoms with E-state index in [-0.39, 0.29) is 0 Å². The van der Waals surface area contributed by atoms with Crippen LogP contribution in [0.4, 0.5) is 0 Å². The number of benzene rings is 2. The molecule has 0 unspecified atom stereocenters. The number of carbonyl (C=O) groups is 1. The summed E-state index contributed by atoms with van der Waals surface area (Å²) in [7, 11) is 1.71. The number of piperidine rings is 1. The van der Waals surface area contributed by atoms with E-state index in [2.05, 4.69) is 27.8 Å². The normalized spacial score (nSPS) is 15.2. The molecule has 0 aliphatic carbocycles. The van der Waals surface area contributed by atoms with Crippen LogP contribution in [0, 0.1) is 0 Å². The highest BCUT2D eigenvalue weighted by Gasteiger charge is 2.24. The highest BCUT2D eigenvalue weighted by molar-refractivity contribution is 5.87. The van der Waals surface area contributed by atoms with E-state index in [1.54, 1.807) is 31.8 Å².